The molecule has 2 unspecified atom stereocenters. The lowest BCUT2D eigenvalue weighted by Crippen LogP contribution is -2.36. The molecule has 0 bridgehead atoms. The van der Waals surface area contributed by atoms with Crippen molar-refractivity contribution in [3.8, 4) is 5.75 Å². The minimum Gasteiger partial charge on any atom is -0.491 e. The van der Waals surface area contributed by atoms with Crippen molar-refractivity contribution < 1.29 is 9.53 Å². The quantitative estimate of drug-likeness (QED) is 0.812. The van der Waals surface area contributed by atoms with Gasteiger partial charge in [0.25, 0.3) is 0 Å². The molecule has 1 rings (SSSR count). The summed E-state index contributed by atoms with van der Waals surface area (Å²) < 4.78 is 5.79. The van der Waals surface area contributed by atoms with Crippen LogP contribution in [0.25, 0.3) is 0 Å². The lowest BCUT2D eigenvalue weighted by atomic mass is 10.0. The molecule has 21 heavy (non-hydrogen) atoms. The lowest BCUT2D eigenvalue weighted by molar-refractivity contribution is -0.122. The largest absolute Gasteiger partial charge is 0.491 e. The molecule has 0 heterocycles. The van der Waals surface area contributed by atoms with Crippen LogP contribution in [-0.4, -0.2) is 18.1 Å². The van der Waals surface area contributed by atoms with Crippen molar-refractivity contribution in [1.29, 1.82) is 0 Å². The zero-order valence-corrected chi connectivity index (χ0v) is 13.7. The van der Waals surface area contributed by atoms with Crippen LogP contribution < -0.4 is 15.8 Å². The van der Waals surface area contributed by atoms with Gasteiger partial charge in [-0.3, -0.25) is 4.79 Å². The fourth-order valence-corrected chi connectivity index (χ4v) is 2.03. The second-order valence-corrected chi connectivity index (χ2v) is 6.11. The molecule has 118 valence electrons. The van der Waals surface area contributed by atoms with Crippen molar-refractivity contribution in [3.63, 3.8) is 0 Å². The Kier molecular flexibility index (Phi) is 6.69. The molecular formula is C17H28N2O2. The third kappa shape index (κ3) is 5.76. The van der Waals surface area contributed by atoms with Crippen LogP contribution in [0.5, 0.6) is 5.75 Å². The van der Waals surface area contributed by atoms with Gasteiger partial charge in [-0.15, -0.1) is 0 Å². The summed E-state index contributed by atoms with van der Waals surface area (Å²) in [4.78, 5) is 12.0. The number of ether oxygens (including phenoxy) is 1. The molecule has 0 fully saturated rings. The molecule has 1 aromatic carbocycles. The summed E-state index contributed by atoms with van der Waals surface area (Å²) in [6.45, 7) is 9.98. The van der Waals surface area contributed by atoms with Crippen molar-refractivity contribution in [2.24, 2.45) is 11.7 Å². The number of carbonyl (C=O) groups is 1. The predicted molar refractivity (Wildman–Crippen MR) is 86.2 cm³/mol. The fourth-order valence-electron chi connectivity index (χ4n) is 2.03. The molecule has 4 heteroatoms. The summed E-state index contributed by atoms with van der Waals surface area (Å²) in [5, 5.41) is 3.00. The van der Waals surface area contributed by atoms with Crippen molar-refractivity contribution in [2.75, 3.05) is 0 Å². The van der Waals surface area contributed by atoms with Crippen LogP contribution in [0.4, 0.5) is 0 Å². The Morgan fingerprint density at radius 3 is 2.38 bits per heavy atom. The first-order valence-electron chi connectivity index (χ1n) is 7.61. The van der Waals surface area contributed by atoms with E-state index in [-0.39, 0.29) is 24.1 Å². The highest BCUT2D eigenvalue weighted by Gasteiger charge is 2.17. The number of nitrogens with two attached hydrogens (primary N) is 1. The van der Waals surface area contributed by atoms with E-state index in [1.807, 2.05) is 58.9 Å². The molecule has 0 aromatic heterocycles. The normalized spacial score (nSPS) is 14.1. The highest BCUT2D eigenvalue weighted by Crippen LogP contribution is 2.25. The highest BCUT2D eigenvalue weighted by atomic mass is 16.5. The second kappa shape index (κ2) is 8.03. The van der Waals surface area contributed by atoms with Crippen molar-refractivity contribution >= 4 is 5.91 Å². The van der Waals surface area contributed by atoms with E-state index in [1.165, 1.54) is 0 Å². The van der Waals surface area contributed by atoms with Crippen LogP contribution >= 0.6 is 0 Å². The number of hydrogen-bond donors (Lipinski definition) is 2. The summed E-state index contributed by atoms with van der Waals surface area (Å²) in [6, 6.07) is 7.57. The number of hydrogen-bond acceptors (Lipinski definition) is 3. The van der Waals surface area contributed by atoms with E-state index in [9.17, 15) is 4.79 Å². The molecule has 0 aliphatic rings. The third-order valence-electron chi connectivity index (χ3n) is 3.40. The zero-order chi connectivity index (χ0) is 16.0. The minimum absolute atomic E-state index is 0.0250. The zero-order valence-electron chi connectivity index (χ0n) is 13.7. The van der Waals surface area contributed by atoms with Crippen molar-refractivity contribution in [2.45, 2.75) is 59.2 Å². The summed E-state index contributed by atoms with van der Waals surface area (Å²) in [7, 11) is 0. The van der Waals surface area contributed by atoms with Crippen LogP contribution in [-0.2, 0) is 4.79 Å². The first-order valence-corrected chi connectivity index (χ1v) is 7.61. The molecule has 1 amide bonds. The maximum Gasteiger partial charge on any atom is 0.222 e. The number of nitrogens with one attached hydrogen (secondary N) is 1. The van der Waals surface area contributed by atoms with Gasteiger partial charge < -0.3 is 15.8 Å². The summed E-state index contributed by atoms with van der Waals surface area (Å²) in [5.74, 6) is 1.08. The second-order valence-electron chi connectivity index (χ2n) is 6.11. The molecule has 0 saturated carbocycles. The van der Waals surface area contributed by atoms with E-state index in [2.05, 4.69) is 5.32 Å². The molecule has 1 aromatic rings. The number of rotatable bonds is 7. The van der Waals surface area contributed by atoms with Gasteiger partial charge in [-0.05, 0) is 32.8 Å². The summed E-state index contributed by atoms with van der Waals surface area (Å²) in [6.07, 6.45) is 0.443. The first-order chi connectivity index (χ1) is 9.81. The number of para-hydroxylation sites is 1. The van der Waals surface area contributed by atoms with Crippen molar-refractivity contribution in [3.05, 3.63) is 29.8 Å². The molecule has 0 radical (unpaired) electrons. The maximum absolute atomic E-state index is 12.0. The van der Waals surface area contributed by atoms with Crippen LogP contribution in [0.15, 0.2) is 24.3 Å². The van der Waals surface area contributed by atoms with E-state index >= 15 is 0 Å². The third-order valence-corrected chi connectivity index (χ3v) is 3.40. The minimum atomic E-state index is -0.112. The number of amides is 1. The summed E-state index contributed by atoms with van der Waals surface area (Å²) in [5.41, 5.74) is 6.93. The maximum atomic E-state index is 12.0. The van der Waals surface area contributed by atoms with Gasteiger partial charge in [-0.2, -0.15) is 0 Å². The van der Waals surface area contributed by atoms with Gasteiger partial charge in [-0.1, -0.05) is 32.0 Å². The van der Waals surface area contributed by atoms with E-state index in [4.69, 9.17) is 10.5 Å². The van der Waals surface area contributed by atoms with E-state index in [0.717, 1.165) is 11.3 Å². The molecular weight excluding hydrogens is 264 g/mol. The van der Waals surface area contributed by atoms with Crippen LogP contribution in [0.1, 0.15) is 52.6 Å². The van der Waals surface area contributed by atoms with Crippen LogP contribution in [0, 0.1) is 5.92 Å². The van der Waals surface area contributed by atoms with Gasteiger partial charge in [0.1, 0.15) is 5.75 Å². The molecule has 2 atom stereocenters. The van der Waals surface area contributed by atoms with E-state index < -0.39 is 0 Å². The smallest absolute Gasteiger partial charge is 0.222 e. The Hall–Kier alpha value is -1.55. The van der Waals surface area contributed by atoms with Gasteiger partial charge in [0.15, 0.2) is 0 Å². The van der Waals surface area contributed by atoms with E-state index in [1.54, 1.807) is 0 Å². The first kappa shape index (κ1) is 17.5. The van der Waals surface area contributed by atoms with Crippen LogP contribution in [0.2, 0.25) is 0 Å². The monoisotopic (exact) mass is 292 g/mol. The number of carbonyl (C=O) groups excluding carboxylic acids is 1. The van der Waals surface area contributed by atoms with Gasteiger partial charge >= 0.3 is 0 Å². The van der Waals surface area contributed by atoms with Gasteiger partial charge in [0.2, 0.25) is 5.91 Å². The molecule has 0 aliphatic heterocycles. The standard InChI is InChI=1S/C17H28N2O2/c1-11(2)15(18)10-17(20)19-13(5)14-8-6-7-9-16(14)21-12(3)4/h6-9,11-13,15H,10,18H2,1-5H3,(H,19,20). The Balaban J connectivity index is 2.71. The Labute approximate surface area is 128 Å². The van der Waals surface area contributed by atoms with Gasteiger partial charge in [0, 0.05) is 18.0 Å². The number of benzene rings is 1. The average Bonchev–Trinajstić information content (AvgIpc) is 2.38. The predicted octanol–water partition coefficient (Wildman–Crippen LogP) is 3.02. The molecule has 3 N–H and O–H groups in total. The van der Waals surface area contributed by atoms with Crippen molar-refractivity contribution in [1.82, 2.24) is 5.32 Å². The average molecular weight is 292 g/mol. The van der Waals surface area contributed by atoms with Gasteiger partial charge in [-0.25, -0.2) is 0 Å². The molecule has 4 nitrogen and oxygen atoms in total. The Morgan fingerprint density at radius 1 is 1.19 bits per heavy atom. The lowest BCUT2D eigenvalue weighted by Gasteiger charge is -2.21. The van der Waals surface area contributed by atoms with E-state index in [0.29, 0.717) is 12.3 Å². The fraction of sp³-hybridized carbons (Fsp3) is 0.588. The highest BCUT2D eigenvalue weighted by molar-refractivity contribution is 5.77. The molecule has 0 spiro atoms. The van der Waals surface area contributed by atoms with Crippen LogP contribution in [0.3, 0.4) is 0 Å². The Bertz CT molecular complexity index is 458. The summed E-state index contributed by atoms with van der Waals surface area (Å²) >= 11 is 0. The Morgan fingerprint density at radius 2 is 1.81 bits per heavy atom. The van der Waals surface area contributed by atoms with Gasteiger partial charge in [0.05, 0.1) is 12.1 Å². The SMILES string of the molecule is CC(C)Oc1ccccc1C(C)NC(=O)CC(N)C(C)C. The molecule has 0 saturated heterocycles. The topological polar surface area (TPSA) is 64.3 Å². The molecule has 0 aliphatic carbocycles.